The van der Waals surface area contributed by atoms with E-state index < -0.39 is 40.9 Å². The average molecular weight is 338 g/mol. The Morgan fingerprint density at radius 2 is 1.60 bits per heavy atom. The summed E-state index contributed by atoms with van der Waals surface area (Å²) in [5.41, 5.74) is 0.916. The van der Waals surface area contributed by atoms with Crippen LogP contribution in [0.1, 0.15) is 12.0 Å². The van der Waals surface area contributed by atoms with Crippen LogP contribution in [-0.2, 0) is 30.4 Å². The molecule has 1 aliphatic carbocycles. The third kappa shape index (κ3) is 2.87. The first kappa shape index (κ1) is 16.7. The Kier molecular flexibility index (Phi) is 4.27. The number of hydrogen-bond acceptors (Lipinski definition) is 5. The number of carboxylic acids is 1. The van der Waals surface area contributed by atoms with E-state index in [0.29, 0.717) is 6.42 Å². The Hall–Kier alpha value is -3.15. The minimum atomic E-state index is -1.98. The summed E-state index contributed by atoms with van der Waals surface area (Å²) in [6, 6.07) is 13.3. The highest BCUT2D eigenvalue weighted by molar-refractivity contribution is 6.60. The minimum absolute atomic E-state index is 0.0703. The van der Waals surface area contributed by atoms with E-state index in [4.69, 9.17) is 5.11 Å². The van der Waals surface area contributed by atoms with Crippen LogP contribution in [0.5, 0.6) is 0 Å². The molecule has 0 bridgehead atoms. The van der Waals surface area contributed by atoms with Crippen LogP contribution in [0.4, 0.5) is 0 Å². The molecule has 2 aromatic rings. The number of Topliss-reactive ketones (excluding diaryl/α,β-unsaturated/α-hetero) is 4. The Morgan fingerprint density at radius 3 is 2.32 bits per heavy atom. The molecule has 25 heavy (non-hydrogen) atoms. The number of ketones is 4. The summed E-state index contributed by atoms with van der Waals surface area (Å²) >= 11 is 0. The molecule has 1 N–H and O–H groups in total. The first-order valence-electron chi connectivity index (χ1n) is 7.77. The molecule has 2 unspecified atom stereocenters. The van der Waals surface area contributed by atoms with Crippen LogP contribution in [0.2, 0.25) is 0 Å². The lowest BCUT2D eigenvalue weighted by Crippen LogP contribution is -2.32. The normalized spacial score (nSPS) is 20.2. The van der Waals surface area contributed by atoms with Gasteiger partial charge >= 0.3 is 5.97 Å². The Morgan fingerprint density at radius 1 is 0.920 bits per heavy atom. The summed E-state index contributed by atoms with van der Waals surface area (Å²) in [7, 11) is 0. The molecular weight excluding hydrogens is 324 g/mol. The fraction of sp³-hybridized carbons (Fsp3) is 0.211. The van der Waals surface area contributed by atoms with Crippen molar-refractivity contribution in [2.75, 3.05) is 0 Å². The van der Waals surface area contributed by atoms with E-state index in [2.05, 4.69) is 0 Å². The molecule has 0 aliphatic heterocycles. The molecular formula is C19H14O6. The van der Waals surface area contributed by atoms with Crippen molar-refractivity contribution in [3.8, 4) is 0 Å². The maximum Gasteiger partial charge on any atom is 0.373 e. The van der Waals surface area contributed by atoms with Gasteiger partial charge in [0, 0.05) is 0 Å². The molecule has 126 valence electrons. The van der Waals surface area contributed by atoms with E-state index in [1.54, 1.807) is 0 Å². The fourth-order valence-corrected chi connectivity index (χ4v) is 3.23. The average Bonchev–Trinajstić information content (AvgIpc) is 2.81. The lowest BCUT2D eigenvalue weighted by Gasteiger charge is -2.09. The van der Waals surface area contributed by atoms with Gasteiger partial charge in [0.25, 0.3) is 5.78 Å². The highest BCUT2D eigenvalue weighted by Gasteiger charge is 2.53. The van der Waals surface area contributed by atoms with E-state index in [9.17, 15) is 24.0 Å². The van der Waals surface area contributed by atoms with Crippen molar-refractivity contribution >= 4 is 39.9 Å². The third-order valence-electron chi connectivity index (χ3n) is 4.50. The summed E-state index contributed by atoms with van der Waals surface area (Å²) in [6.07, 6.45) is 0.436. The SMILES string of the molecule is O=C(O)C(=O)C1C(=O)C(=O)C(CCc2cccc3ccccc23)C1=O. The van der Waals surface area contributed by atoms with Crippen LogP contribution in [-0.4, -0.2) is 34.2 Å². The standard InChI is InChI=1S/C19H14O6/c20-15-13(16(21)17(22)14(15)18(23)19(24)25)9-8-11-6-3-5-10-4-1-2-7-12(10)11/h1-7,13-14H,8-9H2,(H,24,25). The Bertz CT molecular complexity index is 921. The van der Waals surface area contributed by atoms with Gasteiger partial charge in [-0.15, -0.1) is 0 Å². The number of rotatable bonds is 5. The second-order valence-corrected chi connectivity index (χ2v) is 5.96. The molecule has 6 nitrogen and oxygen atoms in total. The van der Waals surface area contributed by atoms with Gasteiger partial charge in [-0.3, -0.25) is 19.2 Å². The van der Waals surface area contributed by atoms with Crippen LogP contribution < -0.4 is 0 Å². The molecule has 1 fully saturated rings. The number of carboxylic acid groups (broad SMARTS) is 1. The number of carbonyl (C=O) groups is 5. The van der Waals surface area contributed by atoms with E-state index in [0.717, 1.165) is 16.3 Å². The number of fused-ring (bicyclic) bond motifs is 1. The van der Waals surface area contributed by atoms with E-state index in [1.165, 1.54) is 0 Å². The van der Waals surface area contributed by atoms with Crippen molar-refractivity contribution < 1.29 is 29.1 Å². The number of hydrogen-bond donors (Lipinski definition) is 1. The fourth-order valence-electron chi connectivity index (χ4n) is 3.23. The highest BCUT2D eigenvalue weighted by Crippen LogP contribution is 2.28. The van der Waals surface area contributed by atoms with Crippen molar-refractivity contribution in [2.24, 2.45) is 11.8 Å². The maximum absolute atomic E-state index is 12.2. The predicted molar refractivity (Wildman–Crippen MR) is 86.9 cm³/mol. The van der Waals surface area contributed by atoms with Crippen LogP contribution in [0, 0.1) is 11.8 Å². The third-order valence-corrected chi connectivity index (χ3v) is 4.50. The number of aryl methyl sites for hydroxylation is 1. The van der Waals surface area contributed by atoms with Gasteiger partial charge in [-0.25, -0.2) is 4.79 Å². The molecule has 1 saturated carbocycles. The lowest BCUT2D eigenvalue weighted by molar-refractivity contribution is -0.154. The van der Waals surface area contributed by atoms with E-state index in [-0.39, 0.29) is 6.42 Å². The molecule has 3 rings (SSSR count). The van der Waals surface area contributed by atoms with Gasteiger partial charge in [-0.1, -0.05) is 42.5 Å². The van der Waals surface area contributed by atoms with Crippen LogP contribution in [0.3, 0.4) is 0 Å². The predicted octanol–water partition coefficient (Wildman–Crippen LogP) is 1.38. The number of aliphatic carboxylic acids is 1. The van der Waals surface area contributed by atoms with Crippen LogP contribution >= 0.6 is 0 Å². The zero-order valence-corrected chi connectivity index (χ0v) is 13.1. The van der Waals surface area contributed by atoms with Gasteiger partial charge in [0.1, 0.15) is 0 Å². The van der Waals surface area contributed by atoms with Gasteiger partial charge in [-0.05, 0) is 29.2 Å². The maximum atomic E-state index is 12.2. The zero-order chi connectivity index (χ0) is 18.1. The first-order chi connectivity index (χ1) is 11.9. The molecule has 0 radical (unpaired) electrons. The summed E-state index contributed by atoms with van der Waals surface area (Å²) in [5, 5.41) is 10.7. The monoisotopic (exact) mass is 338 g/mol. The molecule has 1 aliphatic rings. The largest absolute Gasteiger partial charge is 0.475 e. The lowest BCUT2D eigenvalue weighted by atomic mass is 9.92. The molecule has 0 amide bonds. The molecule has 0 heterocycles. The van der Waals surface area contributed by atoms with Crippen molar-refractivity contribution in [1.82, 2.24) is 0 Å². The second-order valence-electron chi connectivity index (χ2n) is 5.96. The summed E-state index contributed by atoms with van der Waals surface area (Å²) in [6.45, 7) is 0. The summed E-state index contributed by atoms with van der Waals surface area (Å²) in [4.78, 5) is 58.4. The van der Waals surface area contributed by atoms with E-state index in [1.807, 2.05) is 42.5 Å². The van der Waals surface area contributed by atoms with Crippen molar-refractivity contribution in [2.45, 2.75) is 12.8 Å². The van der Waals surface area contributed by atoms with Crippen LogP contribution in [0.15, 0.2) is 42.5 Å². The second kappa shape index (κ2) is 6.39. The number of carbonyl (C=O) groups excluding carboxylic acids is 4. The topological polar surface area (TPSA) is 106 Å². The molecule has 6 heteroatoms. The van der Waals surface area contributed by atoms with Gasteiger partial charge in [-0.2, -0.15) is 0 Å². The summed E-state index contributed by atoms with van der Waals surface area (Å²) in [5.74, 6) is -9.72. The Balaban J connectivity index is 1.82. The number of benzene rings is 2. The van der Waals surface area contributed by atoms with Gasteiger partial charge in [0.2, 0.25) is 11.6 Å². The minimum Gasteiger partial charge on any atom is -0.475 e. The molecule has 2 aromatic carbocycles. The first-order valence-corrected chi connectivity index (χ1v) is 7.77. The Labute approximate surface area is 142 Å². The van der Waals surface area contributed by atoms with Gasteiger partial charge in [0.15, 0.2) is 11.7 Å². The van der Waals surface area contributed by atoms with Gasteiger partial charge in [0.05, 0.1) is 5.92 Å². The smallest absolute Gasteiger partial charge is 0.373 e. The summed E-state index contributed by atoms with van der Waals surface area (Å²) < 4.78 is 0. The van der Waals surface area contributed by atoms with E-state index >= 15 is 0 Å². The molecule has 0 aromatic heterocycles. The van der Waals surface area contributed by atoms with Crippen molar-refractivity contribution in [3.63, 3.8) is 0 Å². The van der Waals surface area contributed by atoms with Crippen LogP contribution in [0.25, 0.3) is 10.8 Å². The van der Waals surface area contributed by atoms with Gasteiger partial charge < -0.3 is 5.11 Å². The molecule has 0 spiro atoms. The molecule has 2 atom stereocenters. The van der Waals surface area contributed by atoms with Crippen molar-refractivity contribution in [1.29, 1.82) is 0 Å². The highest BCUT2D eigenvalue weighted by atomic mass is 16.4. The molecule has 0 saturated heterocycles. The quantitative estimate of drug-likeness (QED) is 0.652. The zero-order valence-electron chi connectivity index (χ0n) is 13.1. The van der Waals surface area contributed by atoms with Crippen molar-refractivity contribution in [3.05, 3.63) is 48.0 Å².